The van der Waals surface area contributed by atoms with Gasteiger partial charge in [-0.2, -0.15) is 10.2 Å². The summed E-state index contributed by atoms with van der Waals surface area (Å²) in [6.45, 7) is 3.31. The number of fused-ring (bicyclic) bond motifs is 1. The molecular weight excluding hydrogens is 390 g/mol. The molecule has 1 aromatic carbocycles. The van der Waals surface area contributed by atoms with E-state index in [2.05, 4.69) is 20.5 Å². The molecule has 0 unspecified atom stereocenters. The molecule has 1 amide bonds. The summed E-state index contributed by atoms with van der Waals surface area (Å²) in [5.41, 5.74) is 3.01. The van der Waals surface area contributed by atoms with Crippen molar-refractivity contribution in [1.29, 1.82) is 0 Å². The molecule has 0 atom stereocenters. The van der Waals surface area contributed by atoms with Gasteiger partial charge in [-0.25, -0.2) is 18.4 Å². The predicted molar refractivity (Wildman–Crippen MR) is 109 cm³/mol. The summed E-state index contributed by atoms with van der Waals surface area (Å²) in [6, 6.07) is 10.5. The molecule has 4 aromatic rings. The number of anilines is 1. The highest BCUT2D eigenvalue weighted by atomic mass is 19.3. The van der Waals surface area contributed by atoms with Crippen molar-refractivity contribution >= 4 is 22.6 Å². The van der Waals surface area contributed by atoms with Crippen LogP contribution in [0.1, 0.15) is 23.4 Å². The van der Waals surface area contributed by atoms with E-state index < -0.39 is 6.43 Å². The molecule has 3 heterocycles. The van der Waals surface area contributed by atoms with Crippen molar-refractivity contribution in [1.82, 2.24) is 24.5 Å². The van der Waals surface area contributed by atoms with E-state index in [-0.39, 0.29) is 29.0 Å². The number of alkyl halides is 2. The Kier molecular flexibility index (Phi) is 5.03. The van der Waals surface area contributed by atoms with Crippen molar-refractivity contribution in [2.24, 2.45) is 7.05 Å². The van der Waals surface area contributed by atoms with Crippen molar-refractivity contribution in [3.63, 3.8) is 0 Å². The SMILES string of the molecule is Cc1nn(CC(=O)Nc2cnn(C)c2C)c2nc(-c3ccccc3)cc(C(F)F)c12. The molecule has 4 rings (SSSR count). The van der Waals surface area contributed by atoms with Crippen LogP contribution in [0.2, 0.25) is 0 Å². The van der Waals surface area contributed by atoms with Gasteiger partial charge in [0.1, 0.15) is 6.54 Å². The summed E-state index contributed by atoms with van der Waals surface area (Å²) in [5, 5.41) is 11.5. The van der Waals surface area contributed by atoms with Crippen molar-refractivity contribution in [3.05, 3.63) is 59.5 Å². The highest BCUT2D eigenvalue weighted by Crippen LogP contribution is 2.33. The average Bonchev–Trinajstić information content (AvgIpc) is 3.21. The number of benzene rings is 1. The first-order valence-corrected chi connectivity index (χ1v) is 9.35. The molecule has 3 aromatic heterocycles. The second kappa shape index (κ2) is 7.66. The Bertz CT molecular complexity index is 1230. The van der Waals surface area contributed by atoms with Crippen LogP contribution in [0.3, 0.4) is 0 Å². The van der Waals surface area contributed by atoms with Gasteiger partial charge in [-0.05, 0) is 19.9 Å². The fourth-order valence-electron chi connectivity index (χ4n) is 3.37. The summed E-state index contributed by atoms with van der Waals surface area (Å²) >= 11 is 0. The van der Waals surface area contributed by atoms with Gasteiger partial charge < -0.3 is 5.32 Å². The highest BCUT2D eigenvalue weighted by Gasteiger charge is 2.22. The maximum Gasteiger partial charge on any atom is 0.264 e. The number of nitrogens with zero attached hydrogens (tertiary/aromatic N) is 5. The second-order valence-electron chi connectivity index (χ2n) is 7.02. The first-order valence-electron chi connectivity index (χ1n) is 9.35. The largest absolute Gasteiger partial charge is 0.322 e. The Hall–Kier alpha value is -3.62. The molecule has 0 aliphatic heterocycles. The van der Waals surface area contributed by atoms with E-state index in [1.54, 1.807) is 37.0 Å². The molecule has 0 radical (unpaired) electrons. The van der Waals surface area contributed by atoms with Crippen LogP contribution in [0.25, 0.3) is 22.3 Å². The third-order valence-electron chi connectivity index (χ3n) is 5.02. The van der Waals surface area contributed by atoms with E-state index in [0.717, 1.165) is 5.69 Å². The lowest BCUT2D eigenvalue weighted by Crippen LogP contribution is -2.20. The monoisotopic (exact) mass is 410 g/mol. The van der Waals surface area contributed by atoms with Crippen LogP contribution in [0, 0.1) is 13.8 Å². The molecule has 0 fully saturated rings. The van der Waals surface area contributed by atoms with E-state index >= 15 is 0 Å². The molecule has 0 saturated carbocycles. The molecule has 0 spiro atoms. The van der Waals surface area contributed by atoms with Gasteiger partial charge in [0, 0.05) is 18.2 Å². The molecule has 0 saturated heterocycles. The Labute approximate surface area is 171 Å². The molecule has 154 valence electrons. The quantitative estimate of drug-likeness (QED) is 0.539. The van der Waals surface area contributed by atoms with E-state index in [0.29, 0.717) is 22.6 Å². The first-order chi connectivity index (χ1) is 14.3. The number of halogens is 2. The van der Waals surface area contributed by atoms with Gasteiger partial charge in [-0.15, -0.1) is 0 Å². The Morgan fingerprint density at radius 3 is 2.57 bits per heavy atom. The van der Waals surface area contributed by atoms with Crippen LogP contribution >= 0.6 is 0 Å². The number of hydrogen-bond acceptors (Lipinski definition) is 4. The molecule has 0 aliphatic carbocycles. The zero-order chi connectivity index (χ0) is 21.4. The van der Waals surface area contributed by atoms with Crippen molar-refractivity contribution < 1.29 is 13.6 Å². The van der Waals surface area contributed by atoms with Gasteiger partial charge >= 0.3 is 0 Å². The number of carbonyl (C=O) groups is 1. The predicted octanol–water partition coefficient (Wildman–Crippen LogP) is 4.02. The second-order valence-corrected chi connectivity index (χ2v) is 7.02. The number of pyridine rings is 1. The molecule has 0 bridgehead atoms. The van der Waals surface area contributed by atoms with Gasteiger partial charge in [0.25, 0.3) is 6.43 Å². The van der Waals surface area contributed by atoms with Crippen LogP contribution in [0.5, 0.6) is 0 Å². The number of hydrogen-bond donors (Lipinski definition) is 1. The van der Waals surface area contributed by atoms with Gasteiger partial charge in [0.05, 0.1) is 34.4 Å². The van der Waals surface area contributed by atoms with Gasteiger partial charge in [-0.1, -0.05) is 30.3 Å². The number of aryl methyl sites for hydroxylation is 2. The summed E-state index contributed by atoms with van der Waals surface area (Å²) in [7, 11) is 1.77. The third-order valence-corrected chi connectivity index (χ3v) is 5.02. The van der Waals surface area contributed by atoms with Crippen molar-refractivity contribution in [2.45, 2.75) is 26.8 Å². The summed E-state index contributed by atoms with van der Waals surface area (Å²) in [4.78, 5) is 17.1. The van der Waals surface area contributed by atoms with Gasteiger partial charge in [-0.3, -0.25) is 9.48 Å². The fourth-order valence-corrected chi connectivity index (χ4v) is 3.37. The lowest BCUT2D eigenvalue weighted by Gasteiger charge is -2.09. The zero-order valence-electron chi connectivity index (χ0n) is 16.7. The average molecular weight is 410 g/mol. The van der Waals surface area contributed by atoms with Gasteiger partial charge in [0.2, 0.25) is 5.91 Å². The minimum absolute atomic E-state index is 0.147. The summed E-state index contributed by atoms with van der Waals surface area (Å²) in [5.74, 6) is -0.346. The standard InChI is InChI=1S/C21H20F2N6O/c1-12-19-15(20(22)23)9-16(14-7-5-4-6-8-14)26-21(19)29(27-12)11-18(30)25-17-10-24-28(3)13(17)2/h4-10,20H,11H2,1-3H3,(H,25,30). The van der Waals surface area contributed by atoms with Crippen molar-refractivity contribution in [3.8, 4) is 11.3 Å². The summed E-state index contributed by atoms with van der Waals surface area (Å²) in [6.07, 6.45) is -1.14. The van der Waals surface area contributed by atoms with Crippen LogP contribution in [0.15, 0.2) is 42.6 Å². The van der Waals surface area contributed by atoms with E-state index in [1.807, 2.05) is 25.1 Å². The van der Waals surface area contributed by atoms with E-state index in [1.165, 1.54) is 10.7 Å². The van der Waals surface area contributed by atoms with Crippen LogP contribution in [-0.4, -0.2) is 30.5 Å². The third kappa shape index (κ3) is 3.54. The Balaban J connectivity index is 1.75. The minimum atomic E-state index is -2.69. The highest BCUT2D eigenvalue weighted by molar-refractivity contribution is 5.92. The molecule has 0 aliphatic rings. The van der Waals surface area contributed by atoms with E-state index in [4.69, 9.17) is 0 Å². The first kappa shape index (κ1) is 19.7. The minimum Gasteiger partial charge on any atom is -0.322 e. The fraction of sp³-hybridized carbons (Fsp3) is 0.238. The van der Waals surface area contributed by atoms with Crippen LogP contribution < -0.4 is 5.32 Å². The zero-order valence-corrected chi connectivity index (χ0v) is 16.7. The molecular formula is C21H20F2N6O. The van der Waals surface area contributed by atoms with Gasteiger partial charge in [0.15, 0.2) is 5.65 Å². The number of aromatic nitrogens is 5. The smallest absolute Gasteiger partial charge is 0.264 e. The van der Waals surface area contributed by atoms with E-state index in [9.17, 15) is 13.6 Å². The number of rotatable bonds is 5. The maximum atomic E-state index is 13.8. The number of carbonyl (C=O) groups excluding carboxylic acids is 1. The molecule has 7 nitrogen and oxygen atoms in total. The van der Waals surface area contributed by atoms with Crippen molar-refractivity contribution in [2.75, 3.05) is 5.32 Å². The Morgan fingerprint density at radius 2 is 1.93 bits per heavy atom. The van der Waals surface area contributed by atoms with Crippen LogP contribution in [0.4, 0.5) is 14.5 Å². The lowest BCUT2D eigenvalue weighted by atomic mass is 10.1. The normalized spacial score (nSPS) is 11.4. The topological polar surface area (TPSA) is 77.6 Å². The molecule has 30 heavy (non-hydrogen) atoms. The lowest BCUT2D eigenvalue weighted by molar-refractivity contribution is -0.116. The number of amides is 1. The number of nitrogens with one attached hydrogen (secondary N) is 1. The maximum absolute atomic E-state index is 13.8. The Morgan fingerprint density at radius 1 is 1.20 bits per heavy atom. The summed E-state index contributed by atoms with van der Waals surface area (Å²) < 4.78 is 30.7. The molecule has 9 heteroatoms. The van der Waals surface area contributed by atoms with Crippen LogP contribution in [-0.2, 0) is 18.4 Å². The molecule has 1 N–H and O–H groups in total.